The van der Waals surface area contributed by atoms with Crippen LogP contribution in [-0.2, 0) is 4.79 Å². The maximum absolute atomic E-state index is 11.7. The van der Waals surface area contributed by atoms with E-state index in [1.807, 2.05) is 27.7 Å². The second-order valence-corrected chi connectivity index (χ2v) is 5.26. The summed E-state index contributed by atoms with van der Waals surface area (Å²) in [5, 5.41) is 2.92. The van der Waals surface area contributed by atoms with Gasteiger partial charge in [0.25, 0.3) is 0 Å². The van der Waals surface area contributed by atoms with E-state index in [2.05, 4.69) is 5.32 Å². The van der Waals surface area contributed by atoms with Crippen LogP contribution in [-0.4, -0.2) is 17.0 Å². The van der Waals surface area contributed by atoms with Crippen LogP contribution in [0.25, 0.3) is 0 Å². The summed E-state index contributed by atoms with van der Waals surface area (Å²) >= 11 is 0. The Morgan fingerprint density at radius 3 is 2.08 bits per heavy atom. The number of amides is 1. The first kappa shape index (κ1) is 10.5. The highest BCUT2D eigenvalue weighted by Gasteiger charge is 2.44. The molecule has 0 aliphatic heterocycles. The van der Waals surface area contributed by atoms with Gasteiger partial charge in [0.15, 0.2) is 0 Å². The standard InChI is InChI=1S/C10H20N2O/c1-9(2,3)12-8(13)10(4,11)7-5-6-7/h7H,5-6,11H2,1-4H3,(H,12,13). The van der Waals surface area contributed by atoms with Crippen molar-refractivity contribution in [1.82, 2.24) is 5.32 Å². The van der Waals surface area contributed by atoms with Gasteiger partial charge in [0, 0.05) is 5.54 Å². The molecule has 0 aromatic carbocycles. The Hall–Kier alpha value is -0.570. The fourth-order valence-electron chi connectivity index (χ4n) is 1.34. The number of hydrogen-bond donors (Lipinski definition) is 2. The lowest BCUT2D eigenvalue weighted by Gasteiger charge is -2.29. The largest absolute Gasteiger partial charge is 0.350 e. The van der Waals surface area contributed by atoms with E-state index in [9.17, 15) is 4.79 Å². The van der Waals surface area contributed by atoms with Gasteiger partial charge in [-0.2, -0.15) is 0 Å². The molecule has 0 heterocycles. The average molecular weight is 184 g/mol. The molecule has 0 radical (unpaired) electrons. The fourth-order valence-corrected chi connectivity index (χ4v) is 1.34. The van der Waals surface area contributed by atoms with Crippen LogP contribution in [0.2, 0.25) is 0 Å². The van der Waals surface area contributed by atoms with E-state index in [4.69, 9.17) is 5.73 Å². The number of nitrogens with two attached hydrogens (primary N) is 1. The minimum Gasteiger partial charge on any atom is -0.350 e. The minimum absolute atomic E-state index is 0.0255. The van der Waals surface area contributed by atoms with Crippen molar-refractivity contribution in [2.75, 3.05) is 0 Å². The van der Waals surface area contributed by atoms with Crippen molar-refractivity contribution in [1.29, 1.82) is 0 Å². The lowest BCUT2D eigenvalue weighted by molar-refractivity contribution is -0.128. The molecule has 1 atom stereocenters. The molecule has 1 fully saturated rings. The maximum atomic E-state index is 11.7. The Kier molecular flexibility index (Phi) is 2.41. The Balaban J connectivity index is 2.56. The molecule has 3 N–H and O–H groups in total. The van der Waals surface area contributed by atoms with E-state index < -0.39 is 5.54 Å². The van der Waals surface area contributed by atoms with Crippen LogP contribution in [0.4, 0.5) is 0 Å². The summed E-state index contributed by atoms with van der Waals surface area (Å²) in [5.41, 5.74) is 5.10. The number of nitrogens with one attached hydrogen (secondary N) is 1. The van der Waals surface area contributed by atoms with Crippen molar-refractivity contribution < 1.29 is 4.79 Å². The second kappa shape index (κ2) is 2.98. The zero-order valence-corrected chi connectivity index (χ0v) is 8.98. The molecule has 1 rings (SSSR count). The van der Waals surface area contributed by atoms with Crippen LogP contribution in [0, 0.1) is 5.92 Å². The highest BCUT2D eigenvalue weighted by Crippen LogP contribution is 2.38. The summed E-state index contributed by atoms with van der Waals surface area (Å²) in [4.78, 5) is 11.7. The first-order valence-corrected chi connectivity index (χ1v) is 4.85. The molecular formula is C10H20N2O. The number of hydrogen-bond acceptors (Lipinski definition) is 2. The third-order valence-electron chi connectivity index (χ3n) is 2.40. The Bertz CT molecular complexity index is 211. The molecule has 1 aliphatic carbocycles. The smallest absolute Gasteiger partial charge is 0.240 e. The first-order valence-electron chi connectivity index (χ1n) is 4.85. The van der Waals surface area contributed by atoms with Crippen LogP contribution in [0.3, 0.4) is 0 Å². The van der Waals surface area contributed by atoms with Gasteiger partial charge in [0.1, 0.15) is 0 Å². The number of carbonyl (C=O) groups is 1. The highest BCUT2D eigenvalue weighted by molar-refractivity contribution is 5.86. The van der Waals surface area contributed by atoms with E-state index in [-0.39, 0.29) is 11.4 Å². The van der Waals surface area contributed by atoms with Gasteiger partial charge in [-0.15, -0.1) is 0 Å². The third-order valence-corrected chi connectivity index (χ3v) is 2.40. The molecule has 3 heteroatoms. The monoisotopic (exact) mass is 184 g/mol. The molecule has 1 saturated carbocycles. The van der Waals surface area contributed by atoms with Gasteiger partial charge in [-0.1, -0.05) is 0 Å². The van der Waals surface area contributed by atoms with Crippen LogP contribution in [0.5, 0.6) is 0 Å². The molecule has 1 unspecified atom stereocenters. The van der Waals surface area contributed by atoms with Crippen molar-refractivity contribution in [2.45, 2.75) is 51.6 Å². The van der Waals surface area contributed by atoms with Crippen LogP contribution in [0.1, 0.15) is 40.5 Å². The molecule has 76 valence electrons. The van der Waals surface area contributed by atoms with E-state index >= 15 is 0 Å². The molecule has 1 amide bonds. The molecule has 0 spiro atoms. The fraction of sp³-hybridized carbons (Fsp3) is 0.900. The highest BCUT2D eigenvalue weighted by atomic mass is 16.2. The van der Waals surface area contributed by atoms with Crippen molar-refractivity contribution >= 4 is 5.91 Å². The van der Waals surface area contributed by atoms with Crippen molar-refractivity contribution in [3.63, 3.8) is 0 Å². The average Bonchev–Trinajstić information content (AvgIpc) is 2.62. The summed E-state index contributed by atoms with van der Waals surface area (Å²) in [5.74, 6) is 0.359. The van der Waals surface area contributed by atoms with E-state index in [0.717, 1.165) is 12.8 Å². The second-order valence-electron chi connectivity index (χ2n) is 5.26. The Labute approximate surface area is 80.1 Å². The van der Waals surface area contributed by atoms with Gasteiger partial charge in [-0.25, -0.2) is 0 Å². The van der Waals surface area contributed by atoms with Gasteiger partial charge in [-0.05, 0) is 46.5 Å². The van der Waals surface area contributed by atoms with E-state index in [0.29, 0.717) is 5.92 Å². The van der Waals surface area contributed by atoms with Gasteiger partial charge in [0.05, 0.1) is 5.54 Å². The quantitative estimate of drug-likeness (QED) is 0.673. The molecule has 3 nitrogen and oxygen atoms in total. The molecule has 0 aromatic rings. The van der Waals surface area contributed by atoms with Gasteiger partial charge >= 0.3 is 0 Å². The topological polar surface area (TPSA) is 55.1 Å². The summed E-state index contributed by atoms with van der Waals surface area (Å²) in [6, 6.07) is 0. The van der Waals surface area contributed by atoms with Gasteiger partial charge in [0.2, 0.25) is 5.91 Å². The normalized spacial score (nSPS) is 22.2. The predicted molar refractivity (Wildman–Crippen MR) is 53.2 cm³/mol. The van der Waals surface area contributed by atoms with E-state index in [1.54, 1.807) is 0 Å². The van der Waals surface area contributed by atoms with Crippen LogP contribution >= 0.6 is 0 Å². The third kappa shape index (κ3) is 2.69. The Morgan fingerprint density at radius 2 is 1.77 bits per heavy atom. The van der Waals surface area contributed by atoms with Crippen molar-refractivity contribution in [3.05, 3.63) is 0 Å². The van der Waals surface area contributed by atoms with E-state index in [1.165, 1.54) is 0 Å². The summed E-state index contributed by atoms with van der Waals surface area (Å²) in [7, 11) is 0. The van der Waals surface area contributed by atoms with Gasteiger partial charge < -0.3 is 11.1 Å². The van der Waals surface area contributed by atoms with Crippen LogP contribution < -0.4 is 11.1 Å². The molecule has 0 saturated heterocycles. The number of carbonyl (C=O) groups excluding carboxylic acids is 1. The zero-order valence-electron chi connectivity index (χ0n) is 8.98. The molecule has 0 aromatic heterocycles. The predicted octanol–water partition coefficient (Wildman–Crippen LogP) is 1.03. The lowest BCUT2D eigenvalue weighted by atomic mass is 9.94. The minimum atomic E-state index is -0.673. The summed E-state index contributed by atoms with van der Waals surface area (Å²) in [6.07, 6.45) is 2.18. The Morgan fingerprint density at radius 1 is 1.31 bits per heavy atom. The summed E-state index contributed by atoms with van der Waals surface area (Å²) in [6.45, 7) is 7.72. The van der Waals surface area contributed by atoms with Crippen molar-refractivity contribution in [2.24, 2.45) is 11.7 Å². The van der Waals surface area contributed by atoms with Crippen molar-refractivity contribution in [3.8, 4) is 0 Å². The lowest BCUT2D eigenvalue weighted by Crippen LogP contribution is -2.57. The van der Waals surface area contributed by atoms with Crippen LogP contribution in [0.15, 0.2) is 0 Å². The number of rotatable bonds is 2. The molecular weight excluding hydrogens is 164 g/mol. The zero-order chi connectivity index (χ0) is 10.3. The van der Waals surface area contributed by atoms with Gasteiger partial charge in [-0.3, -0.25) is 4.79 Å². The summed E-state index contributed by atoms with van der Waals surface area (Å²) < 4.78 is 0. The molecule has 13 heavy (non-hydrogen) atoms. The maximum Gasteiger partial charge on any atom is 0.240 e. The molecule has 1 aliphatic rings. The first-order chi connectivity index (χ1) is 5.73. The SMILES string of the molecule is CC(C)(C)NC(=O)C(C)(N)C1CC1. The molecule has 0 bridgehead atoms.